The van der Waals surface area contributed by atoms with E-state index in [-0.39, 0.29) is 11.9 Å². The average molecular weight is 348 g/mol. The molecule has 0 aliphatic carbocycles. The van der Waals surface area contributed by atoms with Crippen molar-refractivity contribution in [1.82, 2.24) is 15.1 Å². The fourth-order valence-corrected chi connectivity index (χ4v) is 3.62. The molecule has 1 aromatic carbocycles. The first kappa shape index (κ1) is 16.0. The predicted octanol–water partition coefficient (Wildman–Crippen LogP) is 4.25. The van der Waals surface area contributed by atoms with Gasteiger partial charge in [-0.15, -0.1) is 11.3 Å². The van der Waals surface area contributed by atoms with Crippen molar-refractivity contribution in [1.29, 1.82) is 0 Å². The number of nitrogens with one attached hydrogen (secondary N) is 1. The molecule has 3 aromatic rings. The Balaban J connectivity index is 1.93. The number of nitrogens with zero attached hydrogens (tertiary/aromatic N) is 2. The summed E-state index contributed by atoms with van der Waals surface area (Å²) in [6.45, 7) is 6.54. The second-order valence-corrected chi connectivity index (χ2v) is 7.29. The van der Waals surface area contributed by atoms with Crippen molar-refractivity contribution in [2.24, 2.45) is 0 Å². The van der Waals surface area contributed by atoms with Gasteiger partial charge in [-0.05, 0) is 44.5 Å². The monoisotopic (exact) mass is 347 g/mol. The highest BCUT2D eigenvalue weighted by molar-refractivity contribution is 7.20. The number of hydrogen-bond donors (Lipinski definition) is 1. The smallest absolute Gasteiger partial charge is 0.261 e. The van der Waals surface area contributed by atoms with E-state index in [1.54, 1.807) is 0 Å². The molecule has 1 amide bonds. The largest absolute Gasteiger partial charge is 0.349 e. The number of benzene rings is 1. The second-order valence-electron chi connectivity index (χ2n) is 5.83. The molecule has 0 radical (unpaired) electrons. The summed E-state index contributed by atoms with van der Waals surface area (Å²) in [4.78, 5) is 13.9. The van der Waals surface area contributed by atoms with Crippen LogP contribution in [-0.4, -0.2) is 21.7 Å². The summed E-state index contributed by atoms with van der Waals surface area (Å²) in [5, 5.41) is 9.28. The highest BCUT2D eigenvalue weighted by Crippen LogP contribution is 2.29. The minimum atomic E-state index is -0.0290. The Hall–Kier alpha value is -1.85. The third-order valence-electron chi connectivity index (χ3n) is 3.50. The zero-order chi connectivity index (χ0) is 16.6. The lowest BCUT2D eigenvalue weighted by molar-refractivity contribution is 0.0947. The Labute approximate surface area is 144 Å². The maximum atomic E-state index is 12.2. The van der Waals surface area contributed by atoms with Gasteiger partial charge in [0.15, 0.2) is 0 Å². The van der Waals surface area contributed by atoms with Crippen molar-refractivity contribution in [2.75, 3.05) is 0 Å². The van der Waals surface area contributed by atoms with E-state index in [9.17, 15) is 4.79 Å². The average Bonchev–Trinajstić information content (AvgIpc) is 3.03. The van der Waals surface area contributed by atoms with Crippen LogP contribution in [0.4, 0.5) is 0 Å². The molecule has 0 saturated heterocycles. The Bertz CT molecular complexity index is 849. The third kappa shape index (κ3) is 3.41. The summed E-state index contributed by atoms with van der Waals surface area (Å²) in [5.41, 5.74) is 2.06. The Morgan fingerprint density at radius 1 is 1.35 bits per heavy atom. The summed E-state index contributed by atoms with van der Waals surface area (Å²) in [5.74, 6) is -0.0290. The summed E-state index contributed by atoms with van der Waals surface area (Å²) >= 11 is 7.41. The van der Waals surface area contributed by atoms with Gasteiger partial charge in [0.1, 0.15) is 4.83 Å². The molecule has 2 heterocycles. The van der Waals surface area contributed by atoms with E-state index in [0.29, 0.717) is 6.54 Å². The van der Waals surface area contributed by atoms with Gasteiger partial charge in [-0.2, -0.15) is 5.10 Å². The standard InChI is InChI=1S/C17H18ClN3OS/c1-10(2)19-16(22)15-8-14-11(3)20-21(17(14)23-15)9-12-4-6-13(18)7-5-12/h4-8,10H,9H2,1-3H3,(H,19,22). The first-order valence-corrected chi connectivity index (χ1v) is 8.65. The Morgan fingerprint density at radius 2 is 2.04 bits per heavy atom. The zero-order valence-electron chi connectivity index (χ0n) is 13.3. The SMILES string of the molecule is Cc1nn(Cc2ccc(Cl)cc2)c2sc(C(=O)NC(C)C)cc12. The first-order chi connectivity index (χ1) is 10.9. The highest BCUT2D eigenvalue weighted by atomic mass is 35.5. The van der Waals surface area contributed by atoms with Crippen LogP contribution in [-0.2, 0) is 6.54 Å². The fourth-order valence-electron chi connectivity index (χ4n) is 2.43. The van der Waals surface area contributed by atoms with Gasteiger partial charge in [-0.25, -0.2) is 0 Å². The first-order valence-electron chi connectivity index (χ1n) is 7.46. The van der Waals surface area contributed by atoms with E-state index in [0.717, 1.165) is 31.4 Å². The molecule has 0 fully saturated rings. The van der Waals surface area contributed by atoms with Gasteiger partial charge in [0, 0.05) is 16.5 Å². The van der Waals surface area contributed by atoms with Crippen molar-refractivity contribution in [3.63, 3.8) is 0 Å². The summed E-state index contributed by atoms with van der Waals surface area (Å²) in [6.07, 6.45) is 0. The number of carbonyl (C=O) groups is 1. The van der Waals surface area contributed by atoms with E-state index >= 15 is 0 Å². The zero-order valence-corrected chi connectivity index (χ0v) is 14.8. The fraction of sp³-hybridized carbons (Fsp3) is 0.294. The van der Waals surface area contributed by atoms with Crippen LogP contribution >= 0.6 is 22.9 Å². The Kier molecular flexibility index (Phi) is 4.41. The number of aryl methyl sites for hydroxylation is 1. The molecule has 0 aliphatic heterocycles. The lowest BCUT2D eigenvalue weighted by Gasteiger charge is -2.06. The molecule has 0 saturated carbocycles. The molecular weight excluding hydrogens is 330 g/mol. The molecule has 120 valence electrons. The third-order valence-corrected chi connectivity index (χ3v) is 4.90. The van der Waals surface area contributed by atoms with Crippen LogP contribution in [0, 0.1) is 6.92 Å². The minimum absolute atomic E-state index is 0.0290. The van der Waals surface area contributed by atoms with Crippen LogP contribution in [0.3, 0.4) is 0 Å². The van der Waals surface area contributed by atoms with Crippen LogP contribution in [0.1, 0.15) is 34.8 Å². The maximum absolute atomic E-state index is 12.2. The molecule has 0 spiro atoms. The maximum Gasteiger partial charge on any atom is 0.261 e. The van der Waals surface area contributed by atoms with E-state index in [2.05, 4.69) is 10.4 Å². The van der Waals surface area contributed by atoms with Crippen molar-refractivity contribution in [2.45, 2.75) is 33.4 Å². The Morgan fingerprint density at radius 3 is 2.70 bits per heavy atom. The number of thiophene rings is 1. The van der Waals surface area contributed by atoms with Crippen molar-refractivity contribution < 1.29 is 4.79 Å². The molecule has 0 aliphatic rings. The van der Waals surface area contributed by atoms with E-state index in [1.807, 2.05) is 55.8 Å². The van der Waals surface area contributed by atoms with E-state index < -0.39 is 0 Å². The lowest BCUT2D eigenvalue weighted by Crippen LogP contribution is -2.29. The van der Waals surface area contributed by atoms with Gasteiger partial charge in [0.05, 0.1) is 17.1 Å². The van der Waals surface area contributed by atoms with E-state index in [1.165, 1.54) is 11.3 Å². The number of halogens is 1. The molecule has 23 heavy (non-hydrogen) atoms. The van der Waals surface area contributed by atoms with E-state index in [4.69, 9.17) is 11.6 Å². The van der Waals surface area contributed by atoms with Crippen LogP contribution in [0.15, 0.2) is 30.3 Å². The molecule has 4 nitrogen and oxygen atoms in total. The van der Waals surface area contributed by atoms with Crippen LogP contribution < -0.4 is 5.32 Å². The van der Waals surface area contributed by atoms with Crippen LogP contribution in [0.25, 0.3) is 10.2 Å². The lowest BCUT2D eigenvalue weighted by atomic mass is 10.2. The predicted molar refractivity (Wildman–Crippen MR) is 95.5 cm³/mol. The van der Waals surface area contributed by atoms with Crippen molar-refractivity contribution in [3.8, 4) is 0 Å². The topological polar surface area (TPSA) is 46.9 Å². The molecule has 2 aromatic heterocycles. The van der Waals surface area contributed by atoms with Gasteiger partial charge in [0.25, 0.3) is 5.91 Å². The molecule has 0 unspecified atom stereocenters. The molecule has 0 bridgehead atoms. The number of rotatable bonds is 4. The summed E-state index contributed by atoms with van der Waals surface area (Å²) in [6, 6.07) is 9.79. The number of fused-ring (bicyclic) bond motifs is 1. The molecule has 6 heteroatoms. The van der Waals surface area contributed by atoms with Gasteiger partial charge in [-0.3, -0.25) is 9.48 Å². The van der Waals surface area contributed by atoms with Crippen LogP contribution in [0.2, 0.25) is 5.02 Å². The normalized spacial score (nSPS) is 11.3. The number of amides is 1. The van der Waals surface area contributed by atoms with Gasteiger partial charge < -0.3 is 5.32 Å². The second kappa shape index (κ2) is 6.34. The quantitative estimate of drug-likeness (QED) is 0.767. The number of aromatic nitrogens is 2. The van der Waals surface area contributed by atoms with Crippen molar-refractivity contribution in [3.05, 3.63) is 51.5 Å². The van der Waals surface area contributed by atoms with Crippen molar-refractivity contribution >= 4 is 39.1 Å². The number of hydrogen-bond acceptors (Lipinski definition) is 3. The number of carbonyl (C=O) groups excluding carboxylic acids is 1. The molecule has 0 atom stereocenters. The molecular formula is C17H18ClN3OS. The highest BCUT2D eigenvalue weighted by Gasteiger charge is 2.16. The van der Waals surface area contributed by atoms with Crippen LogP contribution in [0.5, 0.6) is 0 Å². The summed E-state index contributed by atoms with van der Waals surface area (Å²) < 4.78 is 1.95. The molecule has 1 N–H and O–H groups in total. The minimum Gasteiger partial charge on any atom is -0.349 e. The summed E-state index contributed by atoms with van der Waals surface area (Å²) in [7, 11) is 0. The van der Waals surface area contributed by atoms with Gasteiger partial charge in [-0.1, -0.05) is 23.7 Å². The van der Waals surface area contributed by atoms with Gasteiger partial charge in [0.2, 0.25) is 0 Å². The van der Waals surface area contributed by atoms with Gasteiger partial charge >= 0.3 is 0 Å². The molecule has 3 rings (SSSR count).